The Bertz CT molecular complexity index is 1090. The molecule has 2 aromatic heterocycles. The van der Waals surface area contributed by atoms with Crippen molar-refractivity contribution in [2.45, 2.75) is 12.5 Å². The van der Waals surface area contributed by atoms with Crippen molar-refractivity contribution in [3.8, 4) is 5.75 Å². The molecule has 2 amide bonds. The first-order chi connectivity index (χ1) is 16.1. The smallest absolute Gasteiger partial charge is 0.290 e. The van der Waals surface area contributed by atoms with Crippen LogP contribution in [0.3, 0.4) is 0 Å². The molecule has 172 valence electrons. The van der Waals surface area contributed by atoms with Crippen LogP contribution in [0.25, 0.3) is 0 Å². The fraction of sp³-hybridized carbons (Fsp3) is 0.292. The molecule has 1 aliphatic rings. The lowest BCUT2D eigenvalue weighted by Gasteiger charge is -2.25. The highest BCUT2D eigenvalue weighted by Gasteiger charge is 2.36. The number of amides is 2. The molecule has 0 spiro atoms. The van der Waals surface area contributed by atoms with Crippen LogP contribution in [0.2, 0.25) is 0 Å². The second-order valence-corrected chi connectivity index (χ2v) is 7.45. The van der Waals surface area contributed by atoms with Crippen molar-refractivity contribution >= 4 is 17.5 Å². The lowest BCUT2D eigenvalue weighted by Crippen LogP contribution is -2.42. The molecule has 9 heteroatoms. The van der Waals surface area contributed by atoms with Gasteiger partial charge in [0.25, 0.3) is 11.8 Å². The third-order valence-electron chi connectivity index (χ3n) is 5.37. The van der Waals surface area contributed by atoms with Crippen molar-refractivity contribution in [3.63, 3.8) is 0 Å². The van der Waals surface area contributed by atoms with E-state index in [9.17, 15) is 9.59 Å². The van der Waals surface area contributed by atoms with E-state index in [0.717, 1.165) is 17.0 Å². The summed E-state index contributed by atoms with van der Waals surface area (Å²) in [4.78, 5) is 27.6. The highest BCUT2D eigenvalue weighted by molar-refractivity contribution is 6.03. The van der Waals surface area contributed by atoms with Gasteiger partial charge in [-0.1, -0.05) is 0 Å². The average Bonchev–Trinajstić information content (AvgIpc) is 3.62. The van der Waals surface area contributed by atoms with Gasteiger partial charge in [-0.3, -0.25) is 9.59 Å². The molecule has 4 rings (SSSR count). The van der Waals surface area contributed by atoms with E-state index in [4.69, 9.17) is 18.3 Å². The Morgan fingerprint density at radius 3 is 2.48 bits per heavy atom. The minimum Gasteiger partial charge on any atom is -0.497 e. The third kappa shape index (κ3) is 4.98. The third-order valence-corrected chi connectivity index (χ3v) is 5.37. The maximum atomic E-state index is 13.4. The maximum Gasteiger partial charge on any atom is 0.290 e. The lowest BCUT2D eigenvalue weighted by molar-refractivity contribution is -0.134. The van der Waals surface area contributed by atoms with E-state index in [1.165, 1.54) is 23.3 Å². The minimum absolute atomic E-state index is 0.158. The molecule has 0 bridgehead atoms. The number of hydrogen-bond donors (Lipinski definition) is 0. The van der Waals surface area contributed by atoms with Crippen LogP contribution in [0.5, 0.6) is 5.75 Å². The molecule has 0 aliphatic carbocycles. The molecule has 9 nitrogen and oxygen atoms in total. The number of ether oxygens (including phenoxy) is 2. The maximum absolute atomic E-state index is 13.4. The number of carbonyl (C=O) groups excluding carboxylic acids is 2. The molecule has 33 heavy (non-hydrogen) atoms. The zero-order valence-electron chi connectivity index (χ0n) is 18.5. The first-order valence-electron chi connectivity index (χ1n) is 10.5. The van der Waals surface area contributed by atoms with Crippen LogP contribution in [0, 0.1) is 0 Å². The summed E-state index contributed by atoms with van der Waals surface area (Å²) >= 11 is 0. The van der Waals surface area contributed by atoms with Gasteiger partial charge in [0.2, 0.25) is 0 Å². The SMILES string of the molecule is COCCN(CC(=O)N1N=C(c2ccc(OC)cc2)CC1c1ccco1)C(=O)c1ccco1. The summed E-state index contributed by atoms with van der Waals surface area (Å²) in [5.74, 6) is 0.786. The van der Waals surface area contributed by atoms with Gasteiger partial charge in [-0.2, -0.15) is 5.10 Å². The van der Waals surface area contributed by atoms with Crippen molar-refractivity contribution in [1.29, 1.82) is 0 Å². The molecule has 0 saturated heterocycles. The van der Waals surface area contributed by atoms with Gasteiger partial charge in [0.15, 0.2) is 5.76 Å². The van der Waals surface area contributed by atoms with Crippen molar-refractivity contribution in [3.05, 3.63) is 78.1 Å². The van der Waals surface area contributed by atoms with Gasteiger partial charge in [0, 0.05) is 20.1 Å². The summed E-state index contributed by atoms with van der Waals surface area (Å²) in [7, 11) is 3.14. The highest BCUT2D eigenvalue weighted by atomic mass is 16.5. The van der Waals surface area contributed by atoms with Crippen LogP contribution in [-0.2, 0) is 9.53 Å². The topological polar surface area (TPSA) is 97.7 Å². The van der Waals surface area contributed by atoms with Crippen molar-refractivity contribution < 1.29 is 27.9 Å². The number of rotatable bonds is 9. The first-order valence-corrected chi connectivity index (χ1v) is 10.5. The standard InChI is InChI=1S/C24H25N3O6/c1-30-14-11-26(24(29)22-6-4-13-33-22)16-23(28)27-20(21-5-3-12-32-21)15-19(25-27)17-7-9-18(31-2)10-8-17/h3-10,12-13,20H,11,14-16H2,1-2H3. The normalized spacial score (nSPS) is 15.4. The Balaban J connectivity index is 1.58. The largest absolute Gasteiger partial charge is 0.497 e. The van der Waals surface area contributed by atoms with E-state index in [2.05, 4.69) is 5.10 Å². The summed E-state index contributed by atoms with van der Waals surface area (Å²) < 4.78 is 21.2. The fourth-order valence-electron chi connectivity index (χ4n) is 3.65. The number of nitrogens with zero attached hydrogens (tertiary/aromatic N) is 3. The van der Waals surface area contributed by atoms with Crippen LogP contribution in [0.1, 0.15) is 34.3 Å². The van der Waals surface area contributed by atoms with Crippen LogP contribution in [0.15, 0.2) is 75.0 Å². The van der Waals surface area contributed by atoms with E-state index in [1.807, 2.05) is 30.3 Å². The molecule has 0 fully saturated rings. The molecule has 1 atom stereocenters. The van der Waals surface area contributed by atoms with E-state index < -0.39 is 11.9 Å². The molecule has 3 aromatic rings. The van der Waals surface area contributed by atoms with Gasteiger partial charge in [0.1, 0.15) is 24.1 Å². The Morgan fingerprint density at radius 2 is 1.85 bits per heavy atom. The summed E-state index contributed by atoms with van der Waals surface area (Å²) in [6, 6.07) is 13.9. The predicted octanol–water partition coefficient (Wildman–Crippen LogP) is 3.35. The number of benzene rings is 1. The molecular weight excluding hydrogens is 426 g/mol. The minimum atomic E-state index is -0.410. The van der Waals surface area contributed by atoms with E-state index in [1.54, 1.807) is 31.6 Å². The summed E-state index contributed by atoms with van der Waals surface area (Å²) in [6.07, 6.45) is 3.47. The van der Waals surface area contributed by atoms with Crippen molar-refractivity contribution in [2.75, 3.05) is 33.9 Å². The quantitative estimate of drug-likeness (QED) is 0.495. The molecule has 0 saturated carbocycles. The molecule has 0 radical (unpaired) electrons. The van der Waals surface area contributed by atoms with Gasteiger partial charge >= 0.3 is 0 Å². The van der Waals surface area contributed by atoms with E-state index >= 15 is 0 Å². The summed E-state index contributed by atoms with van der Waals surface area (Å²) in [5, 5.41) is 6.01. The molecule has 1 aliphatic heterocycles. The van der Waals surface area contributed by atoms with E-state index in [-0.39, 0.29) is 31.4 Å². The van der Waals surface area contributed by atoms with Crippen LogP contribution in [-0.4, -0.2) is 61.4 Å². The van der Waals surface area contributed by atoms with Gasteiger partial charge < -0.3 is 23.2 Å². The summed E-state index contributed by atoms with van der Waals surface area (Å²) in [6.45, 7) is 0.331. The van der Waals surface area contributed by atoms with Crippen LogP contribution < -0.4 is 4.74 Å². The Kier molecular flexibility index (Phi) is 6.89. The Morgan fingerprint density at radius 1 is 1.09 bits per heavy atom. The van der Waals surface area contributed by atoms with Crippen molar-refractivity contribution in [1.82, 2.24) is 9.91 Å². The first kappa shape index (κ1) is 22.3. The number of carbonyl (C=O) groups is 2. The molecule has 1 unspecified atom stereocenters. The number of methoxy groups -OCH3 is 2. The van der Waals surface area contributed by atoms with Crippen LogP contribution >= 0.6 is 0 Å². The highest BCUT2D eigenvalue weighted by Crippen LogP contribution is 2.33. The Labute approximate surface area is 191 Å². The van der Waals surface area contributed by atoms with Gasteiger partial charge in [-0.05, 0) is 54.1 Å². The van der Waals surface area contributed by atoms with Gasteiger partial charge in [0.05, 0.1) is 32.0 Å². The second-order valence-electron chi connectivity index (χ2n) is 7.45. The van der Waals surface area contributed by atoms with Crippen molar-refractivity contribution in [2.24, 2.45) is 5.10 Å². The van der Waals surface area contributed by atoms with E-state index in [0.29, 0.717) is 12.2 Å². The summed E-state index contributed by atoms with van der Waals surface area (Å²) in [5.41, 5.74) is 1.62. The number of hydrazone groups is 1. The number of hydrogen-bond acceptors (Lipinski definition) is 7. The molecular formula is C24H25N3O6. The second kappa shape index (κ2) is 10.2. The van der Waals surface area contributed by atoms with Crippen LogP contribution in [0.4, 0.5) is 0 Å². The number of furan rings is 2. The van der Waals surface area contributed by atoms with Gasteiger partial charge in [-0.15, -0.1) is 0 Å². The lowest BCUT2D eigenvalue weighted by atomic mass is 10.0. The molecule has 0 N–H and O–H groups in total. The molecule has 1 aromatic carbocycles. The zero-order chi connectivity index (χ0) is 23.2. The zero-order valence-corrected chi connectivity index (χ0v) is 18.5. The molecule has 3 heterocycles. The Hall–Kier alpha value is -3.85. The predicted molar refractivity (Wildman–Crippen MR) is 119 cm³/mol. The average molecular weight is 451 g/mol. The fourth-order valence-corrected chi connectivity index (χ4v) is 3.65. The monoisotopic (exact) mass is 451 g/mol. The van der Waals surface area contributed by atoms with Gasteiger partial charge in [-0.25, -0.2) is 5.01 Å².